The van der Waals surface area contributed by atoms with Gasteiger partial charge in [-0.25, -0.2) is 4.79 Å². The Hall–Kier alpha value is -3.46. The van der Waals surface area contributed by atoms with E-state index < -0.39 is 11.5 Å². The van der Waals surface area contributed by atoms with Crippen LogP contribution in [0.4, 0.5) is 0 Å². The first kappa shape index (κ1) is 13.2. The van der Waals surface area contributed by atoms with Crippen molar-refractivity contribution in [1.29, 1.82) is 5.26 Å². The van der Waals surface area contributed by atoms with Gasteiger partial charge in [0.25, 0.3) is 0 Å². The van der Waals surface area contributed by atoms with Crippen LogP contribution >= 0.6 is 0 Å². The average Bonchev–Trinajstić information content (AvgIpc) is 3.08. The molecule has 0 saturated carbocycles. The van der Waals surface area contributed by atoms with Gasteiger partial charge < -0.3 is 19.3 Å². The summed E-state index contributed by atoms with van der Waals surface area (Å²) in [6, 6.07) is 10.7. The standard InChI is InChI=1S/C17H10N2O4/c18-7-11-13(9-5-6-21-8-9)14-15(23-16(11)19)10-3-1-2-4-12(10)22-17(14)20/h1-6,8,13H,19H2/t13-/m1/s1. The van der Waals surface area contributed by atoms with Crippen LogP contribution in [0.1, 0.15) is 17.0 Å². The van der Waals surface area contributed by atoms with Gasteiger partial charge in [0.05, 0.1) is 29.4 Å². The second kappa shape index (κ2) is 4.78. The van der Waals surface area contributed by atoms with Crippen molar-refractivity contribution in [2.24, 2.45) is 5.73 Å². The summed E-state index contributed by atoms with van der Waals surface area (Å²) in [5.74, 6) is -0.384. The number of fused-ring (bicyclic) bond motifs is 3. The molecule has 3 aromatic rings. The largest absolute Gasteiger partial charge is 0.472 e. The Bertz CT molecular complexity index is 1040. The molecule has 2 N–H and O–H groups in total. The number of furan rings is 1. The first-order valence-electron chi connectivity index (χ1n) is 6.86. The summed E-state index contributed by atoms with van der Waals surface area (Å²) in [4.78, 5) is 12.5. The molecule has 0 aliphatic carbocycles. The van der Waals surface area contributed by atoms with E-state index in [1.165, 1.54) is 12.5 Å². The number of benzene rings is 1. The zero-order chi connectivity index (χ0) is 16.0. The Morgan fingerprint density at radius 2 is 2.04 bits per heavy atom. The fraction of sp³-hybridized carbons (Fsp3) is 0.0588. The monoisotopic (exact) mass is 306 g/mol. The van der Waals surface area contributed by atoms with Crippen molar-refractivity contribution in [3.05, 3.63) is 75.9 Å². The van der Waals surface area contributed by atoms with Crippen molar-refractivity contribution in [1.82, 2.24) is 0 Å². The molecule has 23 heavy (non-hydrogen) atoms. The third kappa shape index (κ3) is 1.84. The number of nitriles is 1. The van der Waals surface area contributed by atoms with E-state index in [0.717, 1.165) is 0 Å². The van der Waals surface area contributed by atoms with Gasteiger partial charge in [0.1, 0.15) is 17.2 Å². The highest BCUT2D eigenvalue weighted by atomic mass is 16.5. The third-order valence-electron chi connectivity index (χ3n) is 3.85. The lowest BCUT2D eigenvalue weighted by atomic mass is 9.85. The first-order valence-corrected chi connectivity index (χ1v) is 6.86. The van der Waals surface area contributed by atoms with Crippen LogP contribution in [0.3, 0.4) is 0 Å². The Morgan fingerprint density at radius 1 is 1.22 bits per heavy atom. The summed E-state index contributed by atoms with van der Waals surface area (Å²) in [5, 5.41) is 10.1. The molecule has 0 spiro atoms. The summed E-state index contributed by atoms with van der Waals surface area (Å²) >= 11 is 0. The van der Waals surface area contributed by atoms with Gasteiger partial charge in [-0.1, -0.05) is 12.1 Å². The molecule has 3 heterocycles. The molecule has 0 amide bonds. The summed E-state index contributed by atoms with van der Waals surface area (Å²) in [6.45, 7) is 0. The van der Waals surface area contributed by atoms with Gasteiger partial charge in [0, 0.05) is 5.56 Å². The minimum Gasteiger partial charge on any atom is -0.472 e. The topological polar surface area (TPSA) is 102 Å². The molecular weight excluding hydrogens is 296 g/mol. The van der Waals surface area contributed by atoms with Crippen molar-refractivity contribution < 1.29 is 13.6 Å². The molecule has 112 valence electrons. The molecule has 0 bridgehead atoms. The predicted octanol–water partition coefficient (Wildman–Crippen LogP) is 2.60. The molecule has 6 nitrogen and oxygen atoms in total. The van der Waals surface area contributed by atoms with Gasteiger partial charge in [0.15, 0.2) is 5.75 Å². The van der Waals surface area contributed by atoms with Crippen LogP contribution in [0, 0.1) is 11.3 Å². The van der Waals surface area contributed by atoms with E-state index in [1.54, 1.807) is 30.3 Å². The van der Waals surface area contributed by atoms with Crippen LogP contribution < -0.4 is 16.1 Å². The molecule has 0 saturated heterocycles. The number of hydrogen-bond donors (Lipinski definition) is 1. The highest BCUT2D eigenvalue weighted by molar-refractivity contribution is 5.85. The quantitative estimate of drug-likeness (QED) is 0.693. The fourth-order valence-corrected chi connectivity index (χ4v) is 2.84. The maximum absolute atomic E-state index is 12.5. The van der Waals surface area contributed by atoms with Crippen molar-refractivity contribution in [3.63, 3.8) is 0 Å². The minimum atomic E-state index is -0.677. The Morgan fingerprint density at radius 3 is 2.78 bits per heavy atom. The summed E-state index contributed by atoms with van der Waals surface area (Å²) in [6.07, 6.45) is 2.94. The lowest BCUT2D eigenvalue weighted by Gasteiger charge is -2.24. The van der Waals surface area contributed by atoms with Crippen LogP contribution in [0.5, 0.6) is 5.75 Å². The van der Waals surface area contributed by atoms with Crippen LogP contribution in [0.2, 0.25) is 0 Å². The van der Waals surface area contributed by atoms with E-state index >= 15 is 0 Å². The van der Waals surface area contributed by atoms with Gasteiger partial charge in [0.2, 0.25) is 5.88 Å². The molecular formula is C17H10N2O4. The van der Waals surface area contributed by atoms with Gasteiger partial charge in [-0.2, -0.15) is 5.26 Å². The van der Waals surface area contributed by atoms with Crippen molar-refractivity contribution >= 4 is 11.0 Å². The number of nitrogens with two attached hydrogens (primary N) is 1. The maximum Gasteiger partial charge on any atom is 0.344 e. The van der Waals surface area contributed by atoms with Crippen molar-refractivity contribution in [3.8, 4) is 11.8 Å². The van der Waals surface area contributed by atoms with Crippen molar-refractivity contribution in [2.45, 2.75) is 5.92 Å². The molecule has 0 unspecified atom stereocenters. The second-order valence-electron chi connectivity index (χ2n) is 5.11. The van der Waals surface area contributed by atoms with Crippen LogP contribution in [0.15, 0.2) is 67.9 Å². The van der Waals surface area contributed by atoms with Crippen LogP contribution in [0.25, 0.3) is 11.0 Å². The lowest BCUT2D eigenvalue weighted by molar-refractivity contribution is 0.388. The molecule has 4 rings (SSSR count). The second-order valence-corrected chi connectivity index (χ2v) is 5.11. The van der Waals surface area contributed by atoms with E-state index in [-0.39, 0.29) is 17.0 Å². The SMILES string of the molecule is N#CC1=C(N)Oc2c(c(=O)oc3ccccc23)[C@@H]1c1ccoc1. The number of allylic oxidation sites excluding steroid dienone is 1. The predicted molar refractivity (Wildman–Crippen MR) is 80.5 cm³/mol. The Balaban J connectivity index is 2.11. The summed E-state index contributed by atoms with van der Waals surface area (Å²) in [5.41, 5.74) is 6.78. The molecule has 6 heteroatoms. The van der Waals surface area contributed by atoms with Gasteiger partial charge >= 0.3 is 5.63 Å². The third-order valence-corrected chi connectivity index (χ3v) is 3.85. The lowest BCUT2D eigenvalue weighted by Crippen LogP contribution is -2.26. The van der Waals surface area contributed by atoms with E-state index in [9.17, 15) is 10.1 Å². The molecule has 2 aromatic heterocycles. The fourth-order valence-electron chi connectivity index (χ4n) is 2.84. The molecule has 0 radical (unpaired) electrons. The molecule has 1 atom stereocenters. The Kier molecular flexibility index (Phi) is 2.75. The molecule has 1 aliphatic rings. The summed E-state index contributed by atoms with van der Waals surface area (Å²) < 4.78 is 16.1. The van der Waals surface area contributed by atoms with Crippen LogP contribution in [-0.4, -0.2) is 0 Å². The van der Waals surface area contributed by atoms with Gasteiger partial charge in [-0.3, -0.25) is 0 Å². The zero-order valence-electron chi connectivity index (χ0n) is 11.8. The van der Waals surface area contributed by atoms with Crippen molar-refractivity contribution in [2.75, 3.05) is 0 Å². The van der Waals surface area contributed by atoms with E-state index in [1.807, 2.05) is 6.07 Å². The van der Waals surface area contributed by atoms with Gasteiger partial charge in [-0.05, 0) is 18.2 Å². The Labute approximate surface area is 130 Å². The highest BCUT2D eigenvalue weighted by Gasteiger charge is 2.35. The number of para-hydroxylation sites is 1. The first-order chi connectivity index (χ1) is 11.2. The molecule has 0 fully saturated rings. The van der Waals surface area contributed by atoms with E-state index in [0.29, 0.717) is 22.3 Å². The number of ether oxygens (including phenoxy) is 1. The van der Waals surface area contributed by atoms with Crippen LogP contribution in [-0.2, 0) is 0 Å². The van der Waals surface area contributed by atoms with Gasteiger partial charge in [-0.15, -0.1) is 0 Å². The molecule has 1 aliphatic heterocycles. The summed E-state index contributed by atoms with van der Waals surface area (Å²) in [7, 11) is 0. The minimum absolute atomic E-state index is 0.0260. The number of hydrogen-bond acceptors (Lipinski definition) is 6. The smallest absolute Gasteiger partial charge is 0.344 e. The highest BCUT2D eigenvalue weighted by Crippen LogP contribution is 2.43. The molecule has 1 aromatic carbocycles. The number of nitrogens with zero attached hydrogens (tertiary/aromatic N) is 1. The van der Waals surface area contributed by atoms with E-state index in [4.69, 9.17) is 19.3 Å². The number of rotatable bonds is 1. The average molecular weight is 306 g/mol. The van der Waals surface area contributed by atoms with E-state index in [2.05, 4.69) is 0 Å². The normalized spacial score (nSPS) is 16.7. The maximum atomic E-state index is 12.5. The zero-order valence-corrected chi connectivity index (χ0v) is 11.8.